The van der Waals surface area contributed by atoms with E-state index in [9.17, 15) is 25.6 Å². The Bertz CT molecular complexity index is 2610. The quantitative estimate of drug-likeness (QED) is 0.134. The van der Waals surface area contributed by atoms with Crippen LogP contribution in [0.2, 0.25) is 0 Å². The molecule has 12 nitrogen and oxygen atoms in total. The Morgan fingerprint density at radius 3 is 1.25 bits per heavy atom. The topological polar surface area (TPSA) is 133 Å². The minimum Gasteiger partial charge on any atom is -0.346 e. The van der Waals surface area contributed by atoms with Gasteiger partial charge in [0.05, 0.1) is 9.79 Å². The molecule has 0 atom stereocenters. The summed E-state index contributed by atoms with van der Waals surface area (Å²) in [4.78, 5) is 14.6. The Labute approximate surface area is 382 Å². The van der Waals surface area contributed by atoms with Crippen molar-refractivity contribution in [2.24, 2.45) is 10.8 Å². The predicted molar refractivity (Wildman–Crippen MR) is 246 cm³/mol. The van der Waals surface area contributed by atoms with Gasteiger partial charge in [0.2, 0.25) is 30.3 Å². The Hall–Kier alpha value is -4.72. The fourth-order valence-corrected chi connectivity index (χ4v) is 13.6. The highest BCUT2D eigenvalue weighted by Crippen LogP contribution is 2.45. The van der Waals surface area contributed by atoms with E-state index in [0.717, 1.165) is 96.0 Å². The van der Waals surface area contributed by atoms with E-state index in [1.165, 1.54) is 47.3 Å². The monoisotopic (exact) mass is 944 g/mol. The molecule has 4 aliphatic rings. The van der Waals surface area contributed by atoms with E-state index in [1.54, 1.807) is 69.3 Å². The van der Waals surface area contributed by atoms with Crippen LogP contribution in [0.1, 0.15) is 59.6 Å². The molecule has 2 aromatic heterocycles. The number of hydrogen-bond acceptors (Lipinski definition) is 12. The van der Waals surface area contributed by atoms with Crippen molar-refractivity contribution < 1.29 is 25.6 Å². The number of hydrogen-bond donors (Lipinski definition) is 0. The molecule has 2 spiro atoms. The van der Waals surface area contributed by atoms with Crippen LogP contribution in [-0.4, -0.2) is 96.5 Å². The zero-order valence-corrected chi connectivity index (χ0v) is 39.0. The molecule has 64 heavy (non-hydrogen) atoms. The number of piperidine rings is 2. The Kier molecular flexibility index (Phi) is 12.5. The molecule has 336 valence electrons. The van der Waals surface area contributed by atoms with Crippen LogP contribution in [0.15, 0.2) is 107 Å². The molecule has 0 saturated carbocycles. The SMILES string of the molecule is Cc1cccc(S(=O)(=O)N2CCC3(CC2)CN(c2nc(Cc4ccc(F)cc4)ns2)C3)c1.Cc1cccc(S(=O)(=O)N2CCC3(CC2)CN(c2nc(Cc4ccc(F)cc4)ns2)C3)c1. The molecule has 0 unspecified atom stereocenters. The highest BCUT2D eigenvalue weighted by molar-refractivity contribution is 7.89. The molecule has 10 rings (SSSR count). The molecule has 4 fully saturated rings. The van der Waals surface area contributed by atoms with Gasteiger partial charge >= 0.3 is 0 Å². The number of rotatable bonds is 10. The highest BCUT2D eigenvalue weighted by Gasteiger charge is 2.49. The maximum absolute atomic E-state index is 13.1. The van der Waals surface area contributed by atoms with Gasteiger partial charge < -0.3 is 9.80 Å². The lowest BCUT2D eigenvalue weighted by molar-refractivity contribution is 0.114. The van der Waals surface area contributed by atoms with Crippen LogP contribution in [0.25, 0.3) is 0 Å². The van der Waals surface area contributed by atoms with Crippen LogP contribution in [0, 0.1) is 36.3 Å². The van der Waals surface area contributed by atoms with E-state index in [4.69, 9.17) is 0 Å². The molecule has 18 heteroatoms. The third kappa shape index (κ3) is 9.63. The number of anilines is 2. The van der Waals surface area contributed by atoms with E-state index in [0.29, 0.717) is 48.8 Å². The predicted octanol–water partition coefficient (Wildman–Crippen LogP) is 7.74. The fourth-order valence-electron chi connectivity index (χ4n) is 9.14. The second-order valence-corrected chi connectivity index (χ2v) is 23.1. The molecular weight excluding hydrogens is 895 g/mol. The molecule has 4 saturated heterocycles. The molecule has 0 N–H and O–H groups in total. The normalized spacial score (nSPS) is 18.6. The van der Waals surface area contributed by atoms with Gasteiger partial charge in [-0.3, -0.25) is 0 Å². The fraction of sp³-hybridized carbons (Fsp3) is 0.391. The van der Waals surface area contributed by atoms with E-state index in [2.05, 4.69) is 28.5 Å². The molecule has 0 amide bonds. The molecule has 4 aromatic carbocycles. The average molecular weight is 945 g/mol. The van der Waals surface area contributed by atoms with Gasteiger partial charge in [-0.25, -0.2) is 35.6 Å². The maximum Gasteiger partial charge on any atom is 0.243 e. The van der Waals surface area contributed by atoms with Gasteiger partial charge in [0.1, 0.15) is 23.3 Å². The molecule has 0 bridgehead atoms. The number of halogens is 2. The first-order valence-electron chi connectivity index (χ1n) is 21.4. The van der Waals surface area contributed by atoms with Gasteiger partial charge in [0.15, 0.2) is 0 Å². The van der Waals surface area contributed by atoms with Gasteiger partial charge in [-0.05, 0) is 110 Å². The zero-order chi connectivity index (χ0) is 44.7. The summed E-state index contributed by atoms with van der Waals surface area (Å²) in [7, 11) is -6.88. The standard InChI is InChI=1S/2C23H25FN4O2S2/c2*1-17-3-2-4-20(13-17)32(29,30)28-11-9-23(10-12-28)15-27(16-23)22-25-21(26-31-22)14-18-5-7-19(24)8-6-18/h2*2-8,13H,9-12,14-16H2,1H3. The molecule has 0 radical (unpaired) electrons. The van der Waals surface area contributed by atoms with Crippen LogP contribution in [0.3, 0.4) is 0 Å². The second-order valence-electron chi connectivity index (χ2n) is 17.7. The lowest BCUT2D eigenvalue weighted by Gasteiger charge is -2.53. The summed E-state index contributed by atoms with van der Waals surface area (Å²) < 4.78 is 90.3. The first-order valence-corrected chi connectivity index (χ1v) is 25.9. The molecular formula is C46H50F2N8O4S4. The van der Waals surface area contributed by atoms with Gasteiger partial charge in [0, 0.05) is 99.1 Å². The molecule has 6 aromatic rings. The first-order chi connectivity index (χ1) is 30.7. The van der Waals surface area contributed by atoms with Crippen LogP contribution >= 0.6 is 23.1 Å². The van der Waals surface area contributed by atoms with E-state index < -0.39 is 20.0 Å². The summed E-state index contributed by atoms with van der Waals surface area (Å²) in [6.45, 7) is 9.57. The Balaban J connectivity index is 0.000000162. The number of nitrogens with zero attached hydrogens (tertiary/aromatic N) is 8. The Morgan fingerprint density at radius 1 is 0.547 bits per heavy atom. The summed E-state index contributed by atoms with van der Waals surface area (Å²) in [6, 6.07) is 27.1. The van der Waals surface area contributed by atoms with Gasteiger partial charge in [-0.15, -0.1) is 0 Å². The van der Waals surface area contributed by atoms with Crippen molar-refractivity contribution in [3.8, 4) is 0 Å². The van der Waals surface area contributed by atoms with Crippen molar-refractivity contribution >= 4 is 53.4 Å². The third-order valence-electron chi connectivity index (χ3n) is 12.9. The van der Waals surface area contributed by atoms with Gasteiger partial charge in [-0.1, -0.05) is 48.5 Å². The molecule has 4 aliphatic heterocycles. The summed E-state index contributed by atoms with van der Waals surface area (Å²) in [5, 5.41) is 1.81. The van der Waals surface area contributed by atoms with Crippen molar-refractivity contribution in [3.05, 3.63) is 143 Å². The third-order valence-corrected chi connectivity index (χ3v) is 18.4. The number of aryl methyl sites for hydroxylation is 2. The number of aromatic nitrogens is 4. The van der Waals surface area contributed by atoms with Gasteiger partial charge in [-0.2, -0.15) is 17.4 Å². The first kappa shape index (κ1) is 44.5. The van der Waals surface area contributed by atoms with Crippen molar-refractivity contribution in [2.75, 3.05) is 62.2 Å². The van der Waals surface area contributed by atoms with E-state index in [-0.39, 0.29) is 22.5 Å². The van der Waals surface area contributed by atoms with Crippen molar-refractivity contribution in [3.63, 3.8) is 0 Å². The second kappa shape index (κ2) is 17.9. The van der Waals surface area contributed by atoms with Crippen LogP contribution < -0.4 is 9.80 Å². The number of sulfonamides is 2. The largest absolute Gasteiger partial charge is 0.346 e. The van der Waals surface area contributed by atoms with Crippen LogP contribution in [0.4, 0.5) is 19.0 Å². The summed E-state index contributed by atoms with van der Waals surface area (Å²) in [5.41, 5.74) is 4.18. The maximum atomic E-state index is 13.1. The molecule has 0 aliphatic carbocycles. The smallest absolute Gasteiger partial charge is 0.243 e. The van der Waals surface area contributed by atoms with Gasteiger partial charge in [0.25, 0.3) is 0 Å². The van der Waals surface area contributed by atoms with Crippen LogP contribution in [-0.2, 0) is 32.9 Å². The van der Waals surface area contributed by atoms with Crippen molar-refractivity contribution in [2.45, 2.75) is 62.2 Å². The summed E-state index contributed by atoms with van der Waals surface area (Å²) in [5.74, 6) is 1.00. The number of benzene rings is 4. The van der Waals surface area contributed by atoms with Crippen molar-refractivity contribution in [1.29, 1.82) is 0 Å². The summed E-state index contributed by atoms with van der Waals surface area (Å²) >= 11 is 2.78. The molecule has 6 heterocycles. The summed E-state index contributed by atoms with van der Waals surface area (Å²) in [6.07, 6.45) is 4.60. The minimum atomic E-state index is -3.44. The van der Waals surface area contributed by atoms with Crippen LogP contribution in [0.5, 0.6) is 0 Å². The average Bonchev–Trinajstić information content (AvgIpc) is 3.93. The minimum absolute atomic E-state index is 0.154. The highest BCUT2D eigenvalue weighted by atomic mass is 32.2. The van der Waals surface area contributed by atoms with E-state index >= 15 is 0 Å². The Morgan fingerprint density at radius 2 is 0.906 bits per heavy atom. The lowest BCUT2D eigenvalue weighted by atomic mass is 9.73. The lowest BCUT2D eigenvalue weighted by Crippen LogP contribution is -2.61. The zero-order valence-electron chi connectivity index (χ0n) is 35.7. The van der Waals surface area contributed by atoms with E-state index in [1.807, 2.05) is 26.0 Å². The van der Waals surface area contributed by atoms with Crippen molar-refractivity contribution in [1.82, 2.24) is 27.3 Å².